The van der Waals surface area contributed by atoms with Gasteiger partial charge in [-0.2, -0.15) is 8.78 Å². The number of ether oxygens (including phenoxy) is 1. The van der Waals surface area contributed by atoms with Gasteiger partial charge in [0.05, 0.1) is 0 Å². The minimum atomic E-state index is -2.99. The normalized spacial score (nSPS) is 11.2. The summed E-state index contributed by atoms with van der Waals surface area (Å²) in [6.45, 7) is -0.367. The summed E-state index contributed by atoms with van der Waals surface area (Å²) in [6.07, 6.45) is 0. The zero-order valence-corrected chi connectivity index (χ0v) is 10.3. The molecule has 104 valence electrons. The Labute approximate surface area is 108 Å². The number of carboxylic acid groups (broad SMARTS) is 1. The van der Waals surface area contributed by atoms with Crippen molar-refractivity contribution in [2.75, 3.05) is 0 Å². The maximum Gasteiger partial charge on any atom is 0.387 e. The lowest BCUT2D eigenvalue weighted by Gasteiger charge is -2.21. The number of alkyl halides is 2. The van der Waals surface area contributed by atoms with E-state index in [-0.39, 0.29) is 11.3 Å². The van der Waals surface area contributed by atoms with Crippen LogP contribution in [0.15, 0.2) is 24.3 Å². The van der Waals surface area contributed by atoms with Crippen molar-refractivity contribution in [3.8, 4) is 5.75 Å². The minimum absolute atomic E-state index is 0.0347. The van der Waals surface area contributed by atoms with E-state index in [1.807, 2.05) is 0 Å². The van der Waals surface area contributed by atoms with E-state index in [2.05, 4.69) is 10.1 Å². The van der Waals surface area contributed by atoms with Crippen molar-refractivity contribution < 1.29 is 28.2 Å². The van der Waals surface area contributed by atoms with Gasteiger partial charge in [0, 0.05) is 5.56 Å². The Morgan fingerprint density at radius 3 is 2.53 bits per heavy atom. The van der Waals surface area contributed by atoms with Gasteiger partial charge in [0.15, 0.2) is 0 Å². The molecule has 1 rings (SSSR count). The van der Waals surface area contributed by atoms with Gasteiger partial charge in [-0.25, -0.2) is 4.79 Å². The lowest BCUT2D eigenvalue weighted by molar-refractivity contribution is -0.143. The van der Waals surface area contributed by atoms with E-state index < -0.39 is 24.0 Å². The number of halogens is 2. The average Bonchev–Trinajstić information content (AvgIpc) is 2.27. The van der Waals surface area contributed by atoms with Gasteiger partial charge in [-0.1, -0.05) is 6.07 Å². The number of carbonyl (C=O) groups is 2. The van der Waals surface area contributed by atoms with Crippen LogP contribution in [0.4, 0.5) is 8.78 Å². The number of carbonyl (C=O) groups excluding carboxylic acids is 1. The molecular weight excluding hydrogens is 260 g/mol. The van der Waals surface area contributed by atoms with Crippen LogP contribution >= 0.6 is 0 Å². The summed E-state index contributed by atoms with van der Waals surface area (Å²) in [7, 11) is 0. The smallest absolute Gasteiger partial charge is 0.387 e. The molecule has 0 bridgehead atoms. The second-order valence-electron chi connectivity index (χ2n) is 4.29. The van der Waals surface area contributed by atoms with Crippen molar-refractivity contribution >= 4 is 11.9 Å². The van der Waals surface area contributed by atoms with Gasteiger partial charge in [-0.3, -0.25) is 4.79 Å². The van der Waals surface area contributed by atoms with E-state index in [1.165, 1.54) is 32.0 Å². The molecule has 0 unspecified atom stereocenters. The van der Waals surface area contributed by atoms with Gasteiger partial charge in [0.2, 0.25) is 0 Å². The van der Waals surface area contributed by atoms with Crippen molar-refractivity contribution in [2.45, 2.75) is 26.0 Å². The van der Waals surface area contributed by atoms with E-state index in [0.717, 1.165) is 6.07 Å². The summed E-state index contributed by atoms with van der Waals surface area (Å²) in [6, 6.07) is 5.11. The number of carboxylic acids is 1. The molecule has 0 heterocycles. The molecule has 0 spiro atoms. The summed E-state index contributed by atoms with van der Waals surface area (Å²) >= 11 is 0. The van der Waals surface area contributed by atoms with Gasteiger partial charge in [-0.15, -0.1) is 0 Å². The van der Waals surface area contributed by atoms with Crippen LogP contribution in [0.25, 0.3) is 0 Å². The third kappa shape index (κ3) is 4.20. The molecule has 0 aliphatic carbocycles. The summed E-state index contributed by atoms with van der Waals surface area (Å²) in [5.74, 6) is -2.07. The van der Waals surface area contributed by atoms with Crippen LogP contribution in [0.1, 0.15) is 24.2 Å². The molecule has 0 atom stereocenters. The fourth-order valence-electron chi connectivity index (χ4n) is 1.22. The van der Waals surface area contributed by atoms with Crippen LogP contribution in [0.5, 0.6) is 5.75 Å². The van der Waals surface area contributed by atoms with E-state index in [4.69, 9.17) is 5.11 Å². The Balaban J connectivity index is 2.86. The summed E-state index contributed by atoms with van der Waals surface area (Å²) in [5, 5.41) is 11.1. The van der Waals surface area contributed by atoms with Crippen LogP contribution in [-0.2, 0) is 4.79 Å². The molecule has 2 N–H and O–H groups in total. The van der Waals surface area contributed by atoms with Gasteiger partial charge in [0.25, 0.3) is 5.91 Å². The Hall–Kier alpha value is -2.18. The standard InChI is InChI=1S/C12H13F2NO4/c1-12(2,10(17)18)15-9(16)7-4-3-5-8(6-7)19-11(13)14/h3-6,11H,1-2H3,(H,15,16)(H,17,18). The summed E-state index contributed by atoms with van der Waals surface area (Å²) in [5.41, 5.74) is -1.43. The van der Waals surface area contributed by atoms with Crippen molar-refractivity contribution in [1.29, 1.82) is 0 Å². The van der Waals surface area contributed by atoms with E-state index >= 15 is 0 Å². The van der Waals surface area contributed by atoms with E-state index in [1.54, 1.807) is 0 Å². The molecule has 0 saturated heterocycles. The molecule has 19 heavy (non-hydrogen) atoms. The molecule has 0 radical (unpaired) electrons. The summed E-state index contributed by atoms with van der Waals surface area (Å²) in [4.78, 5) is 22.6. The van der Waals surface area contributed by atoms with Crippen molar-refractivity contribution in [3.05, 3.63) is 29.8 Å². The lowest BCUT2D eigenvalue weighted by atomic mass is 10.1. The van der Waals surface area contributed by atoms with E-state index in [0.29, 0.717) is 0 Å². The number of aliphatic carboxylic acids is 1. The first-order chi connectivity index (χ1) is 8.72. The van der Waals surface area contributed by atoms with Gasteiger partial charge >= 0.3 is 12.6 Å². The predicted octanol–water partition coefficient (Wildman–Crippen LogP) is 1.88. The van der Waals surface area contributed by atoms with Crippen LogP contribution in [-0.4, -0.2) is 29.1 Å². The number of benzene rings is 1. The SMILES string of the molecule is CC(C)(NC(=O)c1cccc(OC(F)F)c1)C(=O)O. The van der Waals surface area contributed by atoms with Crippen molar-refractivity contribution in [3.63, 3.8) is 0 Å². The Bertz CT molecular complexity index is 488. The Kier molecular flexibility index (Phi) is 4.42. The third-order valence-corrected chi connectivity index (χ3v) is 2.28. The van der Waals surface area contributed by atoms with Gasteiger partial charge < -0.3 is 15.2 Å². The highest BCUT2D eigenvalue weighted by molar-refractivity contribution is 5.97. The Morgan fingerprint density at radius 1 is 1.37 bits per heavy atom. The molecule has 0 aliphatic rings. The second kappa shape index (κ2) is 5.64. The highest BCUT2D eigenvalue weighted by Gasteiger charge is 2.29. The Morgan fingerprint density at radius 2 is 2.00 bits per heavy atom. The minimum Gasteiger partial charge on any atom is -0.480 e. The maximum atomic E-state index is 12.0. The van der Waals surface area contributed by atoms with Crippen LogP contribution < -0.4 is 10.1 Å². The molecule has 1 amide bonds. The number of nitrogens with one attached hydrogen (secondary N) is 1. The monoisotopic (exact) mass is 273 g/mol. The highest BCUT2D eigenvalue weighted by atomic mass is 19.3. The fourth-order valence-corrected chi connectivity index (χ4v) is 1.22. The van der Waals surface area contributed by atoms with Crippen molar-refractivity contribution in [2.24, 2.45) is 0 Å². The molecule has 1 aromatic rings. The number of amides is 1. The first-order valence-electron chi connectivity index (χ1n) is 5.33. The van der Waals surface area contributed by atoms with Crippen LogP contribution in [0, 0.1) is 0 Å². The first-order valence-corrected chi connectivity index (χ1v) is 5.33. The van der Waals surface area contributed by atoms with Gasteiger partial charge in [0.1, 0.15) is 11.3 Å². The molecule has 0 saturated carbocycles. The van der Waals surface area contributed by atoms with Gasteiger partial charge in [-0.05, 0) is 32.0 Å². The number of hydrogen-bond donors (Lipinski definition) is 2. The summed E-state index contributed by atoms with van der Waals surface area (Å²) < 4.78 is 28.2. The van der Waals surface area contributed by atoms with E-state index in [9.17, 15) is 18.4 Å². The van der Waals surface area contributed by atoms with Crippen molar-refractivity contribution in [1.82, 2.24) is 5.32 Å². The fraction of sp³-hybridized carbons (Fsp3) is 0.333. The highest BCUT2D eigenvalue weighted by Crippen LogP contribution is 2.16. The number of rotatable bonds is 5. The molecule has 1 aromatic carbocycles. The second-order valence-corrected chi connectivity index (χ2v) is 4.29. The molecule has 0 aromatic heterocycles. The molecule has 5 nitrogen and oxygen atoms in total. The third-order valence-electron chi connectivity index (χ3n) is 2.28. The quantitative estimate of drug-likeness (QED) is 0.858. The molecule has 7 heteroatoms. The first kappa shape index (κ1) is 14.9. The van der Waals surface area contributed by atoms with Crippen LogP contribution in [0.2, 0.25) is 0 Å². The molecule has 0 aliphatic heterocycles. The largest absolute Gasteiger partial charge is 0.480 e. The molecular formula is C12H13F2NO4. The average molecular weight is 273 g/mol. The predicted molar refractivity (Wildman–Crippen MR) is 62.3 cm³/mol. The zero-order valence-electron chi connectivity index (χ0n) is 10.3. The lowest BCUT2D eigenvalue weighted by Crippen LogP contribution is -2.49. The topological polar surface area (TPSA) is 75.6 Å². The zero-order chi connectivity index (χ0) is 14.6. The molecule has 0 fully saturated rings. The van der Waals surface area contributed by atoms with Crippen LogP contribution in [0.3, 0.4) is 0 Å². The number of hydrogen-bond acceptors (Lipinski definition) is 3. The maximum absolute atomic E-state index is 12.0.